The van der Waals surface area contributed by atoms with Crippen molar-refractivity contribution in [3.8, 4) is 0 Å². The number of hydrogen-bond donors (Lipinski definition) is 3. The highest BCUT2D eigenvalue weighted by Gasteiger charge is 2.20. The molecular weight excluding hydrogens is 408 g/mol. The van der Waals surface area contributed by atoms with Crippen LogP contribution in [-0.2, 0) is 17.6 Å². The Bertz CT molecular complexity index is 1300. The molecule has 5 rings (SSSR count). The van der Waals surface area contributed by atoms with Crippen LogP contribution in [0.5, 0.6) is 0 Å². The van der Waals surface area contributed by atoms with Crippen LogP contribution < -0.4 is 10.6 Å². The monoisotopic (exact) mass is 428 g/mol. The first kappa shape index (κ1) is 19.3. The normalized spacial score (nSPS) is 14.0. The fraction of sp³-hybridized carbons (Fsp3) is 0.125. The summed E-state index contributed by atoms with van der Waals surface area (Å²) >= 11 is 1.57. The summed E-state index contributed by atoms with van der Waals surface area (Å²) in [6.07, 6.45) is 5.46. The topological polar surface area (TPSA) is 86.6 Å². The molecule has 31 heavy (non-hydrogen) atoms. The zero-order valence-corrected chi connectivity index (χ0v) is 17.4. The third-order valence-corrected chi connectivity index (χ3v) is 6.52. The summed E-state index contributed by atoms with van der Waals surface area (Å²) in [5.41, 5.74) is 5.53. The van der Waals surface area contributed by atoms with E-state index in [2.05, 4.69) is 26.8 Å². The molecule has 2 heterocycles. The lowest BCUT2D eigenvalue weighted by Crippen LogP contribution is -2.14. The number of carbonyl (C=O) groups excluding carboxylic acids is 1. The molecule has 4 aromatic rings. The molecule has 0 saturated heterocycles. The van der Waals surface area contributed by atoms with Crippen molar-refractivity contribution in [3.05, 3.63) is 83.0 Å². The van der Waals surface area contributed by atoms with Gasteiger partial charge in [-0.2, -0.15) is 0 Å². The van der Waals surface area contributed by atoms with Gasteiger partial charge in [0, 0.05) is 39.6 Å². The fourth-order valence-corrected chi connectivity index (χ4v) is 5.06. The molecule has 0 radical (unpaired) electrons. The van der Waals surface area contributed by atoms with Crippen LogP contribution in [0.15, 0.2) is 72.1 Å². The molecule has 0 atom stereocenters. The van der Waals surface area contributed by atoms with Crippen molar-refractivity contribution in [1.29, 1.82) is 0 Å². The largest absolute Gasteiger partial charge is 0.411 e. The zero-order chi connectivity index (χ0) is 21.2. The standard InChI is InChI=1S/C24H20N4O2S/c29-23(26-16-4-2-1-3-5-16)13-21-24(19-10-11-25-14-22(19)31-21)27-17-7-8-18-15(12-17)6-9-20(18)28-30/h1-5,7-8,10-12,14,27,30H,6,9,13H2,(H,26,29). The number of benzene rings is 2. The van der Waals surface area contributed by atoms with E-state index < -0.39 is 0 Å². The maximum absolute atomic E-state index is 12.7. The molecule has 1 aliphatic carbocycles. The number of thiophene rings is 1. The lowest BCUT2D eigenvalue weighted by atomic mass is 10.1. The van der Waals surface area contributed by atoms with E-state index in [1.54, 1.807) is 17.5 Å². The summed E-state index contributed by atoms with van der Waals surface area (Å²) in [6.45, 7) is 0. The van der Waals surface area contributed by atoms with Gasteiger partial charge in [-0.1, -0.05) is 29.4 Å². The number of aromatic nitrogens is 1. The Morgan fingerprint density at radius 1 is 1.10 bits per heavy atom. The predicted octanol–water partition coefficient (Wildman–Crippen LogP) is 5.35. The van der Waals surface area contributed by atoms with Crippen molar-refractivity contribution >= 4 is 50.1 Å². The Hall–Kier alpha value is -3.71. The predicted molar refractivity (Wildman–Crippen MR) is 125 cm³/mol. The SMILES string of the molecule is O=C(Cc1sc2cnccc2c1Nc1ccc2c(c1)CCC2=NO)Nc1ccccc1. The van der Waals surface area contributed by atoms with Gasteiger partial charge in [-0.25, -0.2) is 0 Å². The average Bonchev–Trinajstić information content (AvgIpc) is 3.35. The smallest absolute Gasteiger partial charge is 0.229 e. The van der Waals surface area contributed by atoms with Crippen LogP contribution in [0, 0.1) is 0 Å². The molecule has 154 valence electrons. The van der Waals surface area contributed by atoms with Gasteiger partial charge in [0.2, 0.25) is 5.91 Å². The Morgan fingerprint density at radius 2 is 1.97 bits per heavy atom. The quantitative estimate of drug-likeness (QED) is 0.296. The molecule has 0 fully saturated rings. The van der Waals surface area contributed by atoms with Crippen molar-refractivity contribution < 1.29 is 10.0 Å². The zero-order valence-electron chi connectivity index (χ0n) is 16.6. The van der Waals surface area contributed by atoms with Crippen LogP contribution >= 0.6 is 11.3 Å². The molecule has 1 amide bonds. The number of pyridine rings is 1. The second-order valence-electron chi connectivity index (χ2n) is 7.41. The van der Waals surface area contributed by atoms with Crippen LogP contribution in [0.1, 0.15) is 22.4 Å². The lowest BCUT2D eigenvalue weighted by Gasteiger charge is -2.11. The van der Waals surface area contributed by atoms with Gasteiger partial charge in [0.05, 0.1) is 22.5 Å². The average molecular weight is 429 g/mol. The minimum absolute atomic E-state index is 0.0634. The van der Waals surface area contributed by atoms with Crippen LogP contribution in [0.25, 0.3) is 10.1 Å². The van der Waals surface area contributed by atoms with E-state index in [4.69, 9.17) is 5.21 Å². The molecule has 2 aromatic carbocycles. The van der Waals surface area contributed by atoms with Gasteiger partial charge in [0.25, 0.3) is 0 Å². The third-order valence-electron chi connectivity index (χ3n) is 5.38. The first-order valence-corrected chi connectivity index (χ1v) is 10.8. The highest BCUT2D eigenvalue weighted by atomic mass is 32.1. The summed E-state index contributed by atoms with van der Waals surface area (Å²) in [7, 11) is 0. The summed E-state index contributed by atoms with van der Waals surface area (Å²) in [6, 6.07) is 17.5. The van der Waals surface area contributed by atoms with Crippen LogP contribution in [0.4, 0.5) is 17.1 Å². The molecule has 0 saturated carbocycles. The summed E-state index contributed by atoms with van der Waals surface area (Å²) in [4.78, 5) is 17.9. The number of fused-ring (bicyclic) bond motifs is 2. The molecule has 1 aliphatic rings. The van der Waals surface area contributed by atoms with Crippen LogP contribution in [0.2, 0.25) is 0 Å². The van der Waals surface area contributed by atoms with E-state index in [1.807, 2.05) is 54.7 Å². The second kappa shape index (κ2) is 8.20. The molecule has 2 aromatic heterocycles. The number of amides is 1. The molecular formula is C24H20N4O2S. The Kier molecular flexibility index (Phi) is 5.09. The van der Waals surface area contributed by atoms with Crippen molar-refractivity contribution in [2.75, 3.05) is 10.6 Å². The summed E-state index contributed by atoms with van der Waals surface area (Å²) in [5.74, 6) is -0.0634. The van der Waals surface area contributed by atoms with Gasteiger partial charge in [-0.3, -0.25) is 9.78 Å². The fourth-order valence-electron chi connectivity index (χ4n) is 3.93. The minimum atomic E-state index is -0.0634. The van der Waals surface area contributed by atoms with Gasteiger partial charge < -0.3 is 15.8 Å². The Labute approximate surface area is 183 Å². The maximum Gasteiger partial charge on any atom is 0.229 e. The van der Waals surface area contributed by atoms with E-state index in [-0.39, 0.29) is 12.3 Å². The van der Waals surface area contributed by atoms with Gasteiger partial charge in [0.15, 0.2) is 0 Å². The van der Waals surface area contributed by atoms with E-state index in [0.29, 0.717) is 0 Å². The number of para-hydroxylation sites is 1. The van der Waals surface area contributed by atoms with Crippen LogP contribution in [-0.4, -0.2) is 21.8 Å². The molecule has 0 unspecified atom stereocenters. The number of anilines is 3. The summed E-state index contributed by atoms with van der Waals surface area (Å²) in [5, 5.41) is 20.1. The van der Waals surface area contributed by atoms with E-state index in [0.717, 1.165) is 61.7 Å². The minimum Gasteiger partial charge on any atom is -0.411 e. The van der Waals surface area contributed by atoms with Gasteiger partial charge >= 0.3 is 0 Å². The Morgan fingerprint density at radius 3 is 2.81 bits per heavy atom. The van der Waals surface area contributed by atoms with Crippen molar-refractivity contribution in [2.24, 2.45) is 5.16 Å². The second-order valence-corrected chi connectivity index (χ2v) is 8.54. The van der Waals surface area contributed by atoms with Crippen LogP contribution in [0.3, 0.4) is 0 Å². The molecule has 3 N–H and O–H groups in total. The van der Waals surface area contributed by atoms with E-state index in [1.165, 1.54) is 0 Å². The maximum atomic E-state index is 12.7. The van der Waals surface area contributed by atoms with Crippen molar-refractivity contribution in [3.63, 3.8) is 0 Å². The van der Waals surface area contributed by atoms with E-state index >= 15 is 0 Å². The lowest BCUT2D eigenvalue weighted by molar-refractivity contribution is -0.115. The van der Waals surface area contributed by atoms with Gasteiger partial charge in [-0.15, -0.1) is 11.3 Å². The van der Waals surface area contributed by atoms with E-state index in [9.17, 15) is 4.79 Å². The van der Waals surface area contributed by atoms with Crippen molar-refractivity contribution in [2.45, 2.75) is 19.3 Å². The number of aryl methyl sites for hydroxylation is 1. The number of oxime groups is 1. The highest BCUT2D eigenvalue weighted by Crippen LogP contribution is 2.38. The molecule has 0 aliphatic heterocycles. The molecule has 6 nitrogen and oxygen atoms in total. The Balaban J connectivity index is 1.45. The molecule has 0 spiro atoms. The number of hydrogen-bond acceptors (Lipinski definition) is 6. The molecule has 0 bridgehead atoms. The van der Waals surface area contributed by atoms with Crippen molar-refractivity contribution in [1.82, 2.24) is 4.98 Å². The number of nitrogens with zero attached hydrogens (tertiary/aromatic N) is 2. The number of rotatable bonds is 5. The number of nitrogens with one attached hydrogen (secondary N) is 2. The summed E-state index contributed by atoms with van der Waals surface area (Å²) < 4.78 is 1.03. The molecule has 7 heteroatoms. The third kappa shape index (κ3) is 3.87. The first-order chi connectivity index (χ1) is 15.2. The first-order valence-electron chi connectivity index (χ1n) is 10.0. The number of carbonyl (C=O) groups is 1. The van der Waals surface area contributed by atoms with Gasteiger partial charge in [-0.05, 0) is 48.7 Å². The highest BCUT2D eigenvalue weighted by molar-refractivity contribution is 7.19. The van der Waals surface area contributed by atoms with Gasteiger partial charge in [0.1, 0.15) is 0 Å².